The number of thioether (sulfide) groups is 1. The normalized spacial score (nSPS) is 13.6. The lowest BCUT2D eigenvalue weighted by Gasteiger charge is -2.11. The third kappa shape index (κ3) is 5.56. The van der Waals surface area contributed by atoms with Crippen molar-refractivity contribution < 1.29 is 23.0 Å². The molecule has 1 atom stereocenters. The van der Waals surface area contributed by atoms with E-state index >= 15 is 0 Å². The van der Waals surface area contributed by atoms with Gasteiger partial charge < -0.3 is 9.84 Å². The van der Waals surface area contributed by atoms with E-state index in [9.17, 15) is 18.3 Å². The van der Waals surface area contributed by atoms with Gasteiger partial charge in [0, 0.05) is 18.6 Å². The standard InChI is InChI=1S/C11H13ClF3NO2S/c1-2-18-5-8(17)6-19-10-9(12)3-7(4-16-10)11(13,14)15/h3-4,8,17H,2,5-6H2,1H3/t8-/m1/s1. The number of ether oxygens (including phenoxy) is 1. The number of nitrogens with zero attached hydrogens (tertiary/aromatic N) is 1. The van der Waals surface area contributed by atoms with Crippen LogP contribution in [0.25, 0.3) is 0 Å². The van der Waals surface area contributed by atoms with Gasteiger partial charge in [0.15, 0.2) is 0 Å². The van der Waals surface area contributed by atoms with E-state index in [1.54, 1.807) is 6.92 Å². The molecular formula is C11H13ClF3NO2S. The lowest BCUT2D eigenvalue weighted by atomic mass is 10.3. The zero-order chi connectivity index (χ0) is 14.5. The molecule has 108 valence electrons. The molecule has 3 nitrogen and oxygen atoms in total. The summed E-state index contributed by atoms with van der Waals surface area (Å²) in [5.41, 5.74) is -0.892. The van der Waals surface area contributed by atoms with Crippen LogP contribution in [0.1, 0.15) is 12.5 Å². The zero-order valence-electron chi connectivity index (χ0n) is 10.1. The average Bonchev–Trinajstić information content (AvgIpc) is 2.33. The van der Waals surface area contributed by atoms with Gasteiger partial charge in [0.1, 0.15) is 5.03 Å². The summed E-state index contributed by atoms with van der Waals surface area (Å²) in [4.78, 5) is 3.66. The van der Waals surface area contributed by atoms with Gasteiger partial charge in [-0.25, -0.2) is 4.98 Å². The Labute approximate surface area is 118 Å². The highest BCUT2D eigenvalue weighted by atomic mass is 35.5. The smallest absolute Gasteiger partial charge is 0.390 e. The summed E-state index contributed by atoms with van der Waals surface area (Å²) in [5.74, 6) is 0.248. The molecule has 0 saturated carbocycles. The van der Waals surface area contributed by atoms with E-state index in [0.29, 0.717) is 6.61 Å². The van der Waals surface area contributed by atoms with Crippen LogP contribution in [0.5, 0.6) is 0 Å². The first-order chi connectivity index (χ1) is 8.84. The molecule has 0 aliphatic rings. The van der Waals surface area contributed by atoms with Crippen LogP contribution >= 0.6 is 23.4 Å². The second-order valence-electron chi connectivity index (χ2n) is 3.63. The molecule has 1 N–H and O–H groups in total. The summed E-state index contributed by atoms with van der Waals surface area (Å²) in [6.45, 7) is 2.46. The van der Waals surface area contributed by atoms with E-state index in [0.717, 1.165) is 24.0 Å². The summed E-state index contributed by atoms with van der Waals surface area (Å²) in [6, 6.07) is 0.825. The Hall–Kier alpha value is -0.500. The monoisotopic (exact) mass is 315 g/mol. The number of aliphatic hydroxyl groups excluding tert-OH is 1. The number of aromatic nitrogens is 1. The van der Waals surface area contributed by atoms with Crippen molar-refractivity contribution >= 4 is 23.4 Å². The molecule has 1 rings (SSSR count). The van der Waals surface area contributed by atoms with E-state index in [1.165, 1.54) is 0 Å². The highest BCUT2D eigenvalue weighted by molar-refractivity contribution is 7.99. The molecule has 0 unspecified atom stereocenters. The minimum Gasteiger partial charge on any atom is -0.390 e. The Kier molecular flexibility index (Phi) is 6.38. The number of pyridine rings is 1. The number of halogens is 4. The average molecular weight is 316 g/mol. The van der Waals surface area contributed by atoms with Crippen LogP contribution in [0.4, 0.5) is 13.2 Å². The minimum atomic E-state index is -4.46. The highest BCUT2D eigenvalue weighted by Crippen LogP contribution is 2.33. The van der Waals surface area contributed by atoms with Crippen LogP contribution in [0.3, 0.4) is 0 Å². The molecule has 19 heavy (non-hydrogen) atoms. The molecule has 8 heteroatoms. The fourth-order valence-electron chi connectivity index (χ4n) is 1.16. The van der Waals surface area contributed by atoms with Gasteiger partial charge in [0.25, 0.3) is 0 Å². The first kappa shape index (κ1) is 16.6. The Morgan fingerprint density at radius 3 is 2.74 bits per heavy atom. The predicted molar refractivity (Wildman–Crippen MR) is 67.5 cm³/mol. The van der Waals surface area contributed by atoms with Crippen molar-refractivity contribution in [3.8, 4) is 0 Å². The molecule has 0 aliphatic heterocycles. The Morgan fingerprint density at radius 1 is 1.53 bits per heavy atom. The third-order valence-electron chi connectivity index (χ3n) is 2.06. The van der Waals surface area contributed by atoms with Crippen molar-refractivity contribution in [3.63, 3.8) is 0 Å². The third-order valence-corrected chi connectivity index (χ3v) is 3.61. The van der Waals surface area contributed by atoms with Crippen molar-refractivity contribution in [2.45, 2.75) is 24.2 Å². The van der Waals surface area contributed by atoms with E-state index in [4.69, 9.17) is 16.3 Å². The van der Waals surface area contributed by atoms with E-state index in [-0.39, 0.29) is 22.4 Å². The zero-order valence-corrected chi connectivity index (χ0v) is 11.6. The fourth-order valence-corrected chi connectivity index (χ4v) is 2.26. The van der Waals surface area contributed by atoms with Gasteiger partial charge >= 0.3 is 6.18 Å². The van der Waals surface area contributed by atoms with Crippen LogP contribution in [-0.4, -0.2) is 35.2 Å². The molecule has 1 heterocycles. The number of alkyl halides is 3. The fraction of sp³-hybridized carbons (Fsp3) is 0.545. The molecule has 0 saturated heterocycles. The summed E-state index contributed by atoms with van der Waals surface area (Å²) >= 11 is 6.81. The molecule has 0 spiro atoms. The number of rotatable bonds is 6. The topological polar surface area (TPSA) is 42.4 Å². The van der Waals surface area contributed by atoms with Crippen LogP contribution < -0.4 is 0 Å². The lowest BCUT2D eigenvalue weighted by Crippen LogP contribution is -2.18. The maximum absolute atomic E-state index is 12.4. The van der Waals surface area contributed by atoms with Crippen LogP contribution in [0, 0.1) is 0 Å². The quantitative estimate of drug-likeness (QED) is 0.818. The number of hydrogen-bond donors (Lipinski definition) is 1. The molecule has 1 aromatic heterocycles. The van der Waals surface area contributed by atoms with Gasteiger partial charge in [0.05, 0.1) is 23.3 Å². The van der Waals surface area contributed by atoms with Gasteiger partial charge in [-0.05, 0) is 13.0 Å². The van der Waals surface area contributed by atoms with Gasteiger partial charge in [-0.1, -0.05) is 11.6 Å². The Bertz CT molecular complexity index is 417. The maximum Gasteiger partial charge on any atom is 0.417 e. The predicted octanol–water partition coefficient (Wildman–Crippen LogP) is 3.24. The van der Waals surface area contributed by atoms with E-state index in [2.05, 4.69) is 4.98 Å². The van der Waals surface area contributed by atoms with Gasteiger partial charge in [0.2, 0.25) is 0 Å². The van der Waals surface area contributed by atoms with E-state index < -0.39 is 17.8 Å². The molecule has 0 aromatic carbocycles. The van der Waals surface area contributed by atoms with Crippen molar-refractivity contribution in [2.24, 2.45) is 0 Å². The molecule has 0 amide bonds. The van der Waals surface area contributed by atoms with E-state index in [1.807, 2.05) is 0 Å². The summed E-state index contributed by atoms with van der Waals surface area (Å²) in [7, 11) is 0. The second kappa shape index (κ2) is 7.33. The van der Waals surface area contributed by atoms with Gasteiger partial charge in [-0.3, -0.25) is 0 Å². The molecule has 0 aliphatic carbocycles. The second-order valence-corrected chi connectivity index (χ2v) is 5.05. The Morgan fingerprint density at radius 2 is 2.21 bits per heavy atom. The first-order valence-electron chi connectivity index (χ1n) is 5.46. The van der Waals surface area contributed by atoms with Gasteiger partial charge in [-0.2, -0.15) is 13.2 Å². The van der Waals surface area contributed by atoms with Gasteiger partial charge in [-0.15, -0.1) is 11.8 Å². The minimum absolute atomic E-state index is 0.0802. The maximum atomic E-state index is 12.4. The van der Waals surface area contributed by atoms with Crippen molar-refractivity contribution in [1.29, 1.82) is 0 Å². The Balaban J connectivity index is 2.60. The van der Waals surface area contributed by atoms with Crippen LogP contribution in [-0.2, 0) is 10.9 Å². The summed E-state index contributed by atoms with van der Waals surface area (Å²) in [5, 5.41) is 9.69. The number of aliphatic hydroxyl groups is 1. The van der Waals surface area contributed by atoms with Crippen LogP contribution in [0.15, 0.2) is 17.3 Å². The largest absolute Gasteiger partial charge is 0.417 e. The van der Waals surface area contributed by atoms with Crippen molar-refractivity contribution in [3.05, 3.63) is 22.8 Å². The SMILES string of the molecule is CCOC[C@@H](O)CSc1ncc(C(F)(F)F)cc1Cl. The number of hydrogen-bond acceptors (Lipinski definition) is 4. The lowest BCUT2D eigenvalue weighted by molar-refractivity contribution is -0.137. The molecule has 1 aromatic rings. The summed E-state index contributed by atoms with van der Waals surface area (Å²) in [6.07, 6.45) is -4.46. The molecule has 0 bridgehead atoms. The van der Waals surface area contributed by atoms with Crippen molar-refractivity contribution in [2.75, 3.05) is 19.0 Å². The van der Waals surface area contributed by atoms with Crippen LogP contribution in [0.2, 0.25) is 5.02 Å². The van der Waals surface area contributed by atoms with Crippen molar-refractivity contribution in [1.82, 2.24) is 4.98 Å². The molecular weight excluding hydrogens is 303 g/mol. The molecule has 0 fully saturated rings. The highest BCUT2D eigenvalue weighted by Gasteiger charge is 2.31. The first-order valence-corrected chi connectivity index (χ1v) is 6.82. The molecule has 0 radical (unpaired) electrons. The summed E-state index contributed by atoms with van der Waals surface area (Å²) < 4.78 is 42.2.